The number of fused-ring (bicyclic) bond motifs is 3. The van der Waals surface area contributed by atoms with Crippen molar-refractivity contribution in [2.45, 2.75) is 12.5 Å². The number of nitriles is 1. The van der Waals surface area contributed by atoms with E-state index in [0.29, 0.717) is 19.5 Å². The number of nitrogen functional groups attached to an aromatic ring is 2. The SMILES string of the molecule is C=CC(=O)N1CCN2C(=O)c3cc(F)c(-c4ccc(F)c5sc(N)c(C#N)c45)c(N)c3N(N)CC[C@@H]2C1. The smallest absolute Gasteiger partial charge is 0.256 e. The van der Waals surface area contributed by atoms with Crippen LogP contribution in [0.3, 0.4) is 0 Å². The molecule has 3 heterocycles. The van der Waals surface area contributed by atoms with E-state index >= 15 is 4.39 Å². The van der Waals surface area contributed by atoms with Crippen LogP contribution in [-0.2, 0) is 4.79 Å². The summed E-state index contributed by atoms with van der Waals surface area (Å²) in [6.45, 7) is 4.66. The third kappa shape index (κ3) is 3.75. The summed E-state index contributed by atoms with van der Waals surface area (Å²) in [5.74, 6) is 4.24. The van der Waals surface area contributed by atoms with Crippen LogP contribution in [0, 0.1) is 23.0 Å². The predicted molar refractivity (Wildman–Crippen MR) is 138 cm³/mol. The van der Waals surface area contributed by atoms with Gasteiger partial charge in [0, 0.05) is 37.1 Å². The fourth-order valence-corrected chi connectivity index (χ4v) is 6.12. The Morgan fingerprint density at radius 1 is 1.19 bits per heavy atom. The van der Waals surface area contributed by atoms with Crippen LogP contribution in [0.5, 0.6) is 0 Å². The maximum Gasteiger partial charge on any atom is 0.256 e. The average Bonchev–Trinajstić information content (AvgIpc) is 3.23. The molecule has 0 bridgehead atoms. The van der Waals surface area contributed by atoms with Gasteiger partial charge in [0.2, 0.25) is 5.91 Å². The number of carbonyl (C=O) groups is 2. The Labute approximate surface area is 214 Å². The van der Waals surface area contributed by atoms with Gasteiger partial charge in [-0.2, -0.15) is 5.26 Å². The maximum absolute atomic E-state index is 15.8. The van der Waals surface area contributed by atoms with Gasteiger partial charge in [0.15, 0.2) is 0 Å². The highest BCUT2D eigenvalue weighted by Gasteiger charge is 2.37. The molecule has 2 amide bonds. The van der Waals surface area contributed by atoms with Gasteiger partial charge in [-0.25, -0.2) is 14.6 Å². The first kappa shape index (κ1) is 24.5. The fourth-order valence-electron chi connectivity index (χ4n) is 5.17. The number of hydrogen-bond donors (Lipinski definition) is 3. The fraction of sp³-hybridized carbons (Fsp3) is 0.240. The largest absolute Gasteiger partial charge is 0.396 e. The summed E-state index contributed by atoms with van der Waals surface area (Å²) in [5.41, 5.74) is 12.5. The van der Waals surface area contributed by atoms with Crippen molar-refractivity contribution in [3.05, 3.63) is 53.6 Å². The molecule has 2 aliphatic heterocycles. The normalized spacial score (nSPS) is 17.6. The van der Waals surface area contributed by atoms with Crippen molar-refractivity contribution in [3.63, 3.8) is 0 Å². The van der Waals surface area contributed by atoms with Crippen molar-refractivity contribution in [2.24, 2.45) is 5.84 Å². The van der Waals surface area contributed by atoms with E-state index in [-0.39, 0.29) is 73.8 Å². The molecule has 1 atom stereocenters. The number of amides is 2. The standard InChI is InChI=1S/C25H23F2N7O2S/c1-2-18(35)32-7-8-33-12(11-32)5-6-34(31)22-14(25(33)36)9-17(27)20(21(22)29)13-3-4-16(26)23-19(13)15(10-28)24(30)37-23/h2-4,9,12H,1,5-8,11,29-31H2/t12-/m1/s1. The minimum absolute atomic E-state index is 0.0156. The van der Waals surface area contributed by atoms with Crippen molar-refractivity contribution >= 4 is 49.6 Å². The first-order valence-electron chi connectivity index (χ1n) is 11.4. The molecule has 0 aliphatic carbocycles. The van der Waals surface area contributed by atoms with Gasteiger partial charge in [0.05, 0.1) is 33.2 Å². The van der Waals surface area contributed by atoms with E-state index < -0.39 is 17.5 Å². The van der Waals surface area contributed by atoms with Crippen LogP contribution < -0.4 is 22.3 Å². The van der Waals surface area contributed by atoms with E-state index in [1.165, 1.54) is 17.2 Å². The molecule has 3 aromatic rings. The maximum atomic E-state index is 15.8. The van der Waals surface area contributed by atoms with Crippen LogP contribution in [0.25, 0.3) is 21.2 Å². The van der Waals surface area contributed by atoms with E-state index in [9.17, 15) is 19.2 Å². The number of carbonyl (C=O) groups excluding carboxylic acids is 2. The molecule has 12 heteroatoms. The van der Waals surface area contributed by atoms with Crippen LogP contribution in [0.2, 0.25) is 0 Å². The second-order valence-corrected chi connectivity index (χ2v) is 9.97. The summed E-state index contributed by atoms with van der Waals surface area (Å²) in [4.78, 5) is 29.0. The molecule has 0 unspecified atom stereocenters. The predicted octanol–water partition coefficient (Wildman–Crippen LogP) is 2.81. The van der Waals surface area contributed by atoms with Gasteiger partial charge in [-0.15, -0.1) is 11.3 Å². The highest BCUT2D eigenvalue weighted by atomic mass is 32.1. The number of hydrogen-bond acceptors (Lipinski definition) is 8. The molecule has 0 spiro atoms. The Morgan fingerprint density at radius 2 is 1.95 bits per heavy atom. The lowest BCUT2D eigenvalue weighted by Crippen LogP contribution is -2.58. The zero-order valence-corrected chi connectivity index (χ0v) is 20.4. The van der Waals surface area contributed by atoms with Crippen molar-refractivity contribution in [2.75, 3.05) is 42.7 Å². The Hall–Kier alpha value is -4.21. The van der Waals surface area contributed by atoms with Crippen molar-refractivity contribution in [1.82, 2.24) is 9.80 Å². The van der Waals surface area contributed by atoms with Gasteiger partial charge >= 0.3 is 0 Å². The summed E-state index contributed by atoms with van der Waals surface area (Å²) in [5, 5.41) is 11.2. The minimum Gasteiger partial charge on any atom is -0.396 e. The quantitative estimate of drug-likeness (QED) is 0.266. The molecular formula is C25H23F2N7O2S. The Bertz CT molecular complexity index is 1530. The van der Waals surface area contributed by atoms with Crippen LogP contribution in [0.1, 0.15) is 22.3 Å². The molecule has 0 radical (unpaired) electrons. The second-order valence-electron chi connectivity index (χ2n) is 8.92. The van der Waals surface area contributed by atoms with E-state index in [1.54, 1.807) is 9.80 Å². The average molecular weight is 524 g/mol. The lowest BCUT2D eigenvalue weighted by atomic mass is 9.93. The first-order chi connectivity index (χ1) is 17.7. The molecule has 1 fully saturated rings. The number of rotatable bonds is 2. The number of hydrazine groups is 1. The summed E-state index contributed by atoms with van der Waals surface area (Å²) in [6, 6.07) is 5.21. The van der Waals surface area contributed by atoms with Crippen LogP contribution in [0.15, 0.2) is 30.9 Å². The van der Waals surface area contributed by atoms with Crippen molar-refractivity contribution < 1.29 is 18.4 Å². The number of piperazine rings is 1. The van der Waals surface area contributed by atoms with Gasteiger partial charge in [-0.05, 0) is 30.2 Å². The highest BCUT2D eigenvalue weighted by Crippen LogP contribution is 2.46. The van der Waals surface area contributed by atoms with Gasteiger partial charge in [-0.1, -0.05) is 12.6 Å². The number of nitrogens with two attached hydrogens (primary N) is 3. The minimum atomic E-state index is -0.822. The van der Waals surface area contributed by atoms with Crippen LogP contribution >= 0.6 is 11.3 Å². The van der Waals surface area contributed by atoms with Crippen molar-refractivity contribution in [3.8, 4) is 17.2 Å². The topological polar surface area (TPSA) is 146 Å². The molecule has 5 rings (SSSR count). The molecule has 9 nitrogen and oxygen atoms in total. The van der Waals surface area contributed by atoms with E-state index in [4.69, 9.17) is 17.3 Å². The van der Waals surface area contributed by atoms with Crippen LogP contribution in [0.4, 0.5) is 25.2 Å². The molecular weight excluding hydrogens is 500 g/mol. The summed E-state index contributed by atoms with van der Waals surface area (Å²) in [6.07, 6.45) is 1.67. The first-order valence-corrected chi connectivity index (χ1v) is 12.3. The molecule has 2 aromatic carbocycles. The summed E-state index contributed by atoms with van der Waals surface area (Å²) >= 11 is 0.889. The lowest BCUT2D eigenvalue weighted by Gasteiger charge is -2.43. The zero-order chi connectivity index (χ0) is 26.6. The number of nitrogens with zero attached hydrogens (tertiary/aromatic N) is 4. The van der Waals surface area contributed by atoms with Gasteiger partial charge in [0.25, 0.3) is 5.91 Å². The molecule has 1 aromatic heterocycles. The van der Waals surface area contributed by atoms with Crippen LogP contribution in [-0.4, -0.2) is 53.8 Å². The van der Waals surface area contributed by atoms with Gasteiger partial charge in [0.1, 0.15) is 22.7 Å². The third-order valence-electron chi connectivity index (χ3n) is 6.94. The van der Waals surface area contributed by atoms with E-state index in [0.717, 1.165) is 23.5 Å². The molecule has 37 heavy (non-hydrogen) atoms. The molecule has 1 saturated heterocycles. The van der Waals surface area contributed by atoms with Gasteiger partial charge in [-0.3, -0.25) is 9.59 Å². The number of benzene rings is 2. The zero-order valence-electron chi connectivity index (χ0n) is 19.6. The molecule has 0 saturated carbocycles. The number of halogens is 2. The van der Waals surface area contributed by atoms with Crippen molar-refractivity contribution in [1.29, 1.82) is 5.26 Å². The summed E-state index contributed by atoms with van der Waals surface area (Å²) in [7, 11) is 0. The monoisotopic (exact) mass is 523 g/mol. The third-order valence-corrected chi connectivity index (χ3v) is 7.97. The molecule has 2 aliphatic rings. The summed E-state index contributed by atoms with van der Waals surface area (Å²) < 4.78 is 30.5. The Balaban J connectivity index is 1.66. The molecule has 6 N–H and O–H groups in total. The number of anilines is 3. The Kier molecular flexibility index (Phi) is 5.97. The van der Waals surface area contributed by atoms with E-state index in [2.05, 4.69) is 6.58 Å². The number of thiophene rings is 1. The molecule has 190 valence electrons. The van der Waals surface area contributed by atoms with Gasteiger partial charge < -0.3 is 26.3 Å². The second kappa shape index (κ2) is 9.02. The Morgan fingerprint density at radius 3 is 2.65 bits per heavy atom. The lowest BCUT2D eigenvalue weighted by molar-refractivity contribution is -0.128. The van der Waals surface area contributed by atoms with E-state index in [1.807, 2.05) is 6.07 Å². The highest BCUT2D eigenvalue weighted by molar-refractivity contribution is 7.23.